The van der Waals surface area contributed by atoms with Crippen molar-refractivity contribution in [1.29, 1.82) is 0 Å². The van der Waals surface area contributed by atoms with E-state index in [1.165, 1.54) is 0 Å². The van der Waals surface area contributed by atoms with Gasteiger partial charge in [0, 0.05) is 19.6 Å². The summed E-state index contributed by atoms with van der Waals surface area (Å²) in [6.07, 6.45) is 0.980. The fourth-order valence-corrected chi connectivity index (χ4v) is 2.23. The smallest absolute Gasteiger partial charge is 0.332 e. The highest BCUT2D eigenvalue weighted by molar-refractivity contribution is 5.86. The number of rotatable bonds is 3. The Labute approximate surface area is 105 Å². The number of nitrogens with one attached hydrogen (secondary N) is 2. The van der Waals surface area contributed by atoms with E-state index in [0.29, 0.717) is 13.2 Å². The number of carboxylic acid groups (broad SMARTS) is 1. The molecule has 2 aliphatic rings. The monoisotopic (exact) mass is 258 g/mol. The lowest BCUT2D eigenvalue weighted by Gasteiger charge is -2.25. The Morgan fingerprint density at radius 2 is 2.17 bits per heavy atom. The van der Waals surface area contributed by atoms with Gasteiger partial charge in [-0.25, -0.2) is 9.59 Å². The van der Waals surface area contributed by atoms with E-state index in [0.717, 1.165) is 6.42 Å². The lowest BCUT2D eigenvalue weighted by molar-refractivity contribution is -0.144. The van der Waals surface area contributed by atoms with Gasteiger partial charge in [-0.15, -0.1) is 0 Å². The molecule has 0 aliphatic carbocycles. The zero-order valence-electron chi connectivity index (χ0n) is 10.3. The summed E-state index contributed by atoms with van der Waals surface area (Å²) in [6.45, 7) is 2.84. The Bertz CT molecular complexity index is 340. The first-order valence-electron chi connectivity index (χ1n) is 6.05. The van der Waals surface area contributed by atoms with Gasteiger partial charge < -0.3 is 25.2 Å². The van der Waals surface area contributed by atoms with Gasteiger partial charge in [-0.3, -0.25) is 0 Å². The van der Waals surface area contributed by atoms with Gasteiger partial charge in [0.1, 0.15) is 0 Å². The first-order valence-corrected chi connectivity index (χ1v) is 6.05. The largest absolute Gasteiger partial charge is 0.479 e. The molecule has 0 spiro atoms. The lowest BCUT2D eigenvalue weighted by atomic mass is 9.99. The number of urea groups is 1. The first kappa shape index (κ1) is 13.1. The molecule has 0 bridgehead atoms. The summed E-state index contributed by atoms with van der Waals surface area (Å²) < 4.78 is 10.4. The summed E-state index contributed by atoms with van der Waals surface area (Å²) in [4.78, 5) is 23.0. The molecule has 0 radical (unpaired) electrons. The number of amides is 2. The fraction of sp³-hybridized carbons (Fsp3) is 0.818. The van der Waals surface area contributed by atoms with Gasteiger partial charge in [-0.1, -0.05) is 0 Å². The van der Waals surface area contributed by atoms with Gasteiger partial charge in [-0.2, -0.15) is 0 Å². The topological polar surface area (TPSA) is 96.9 Å². The third kappa shape index (κ3) is 2.56. The van der Waals surface area contributed by atoms with E-state index in [2.05, 4.69) is 10.6 Å². The van der Waals surface area contributed by atoms with Crippen LogP contribution in [0.3, 0.4) is 0 Å². The minimum absolute atomic E-state index is 0.00642. The lowest BCUT2D eigenvalue weighted by Crippen LogP contribution is -2.59. The molecule has 2 aliphatic heterocycles. The standard InChI is InChI=1S/C11H18N2O5/c1-7-8(2-4-18-7)12-10(16)13-11(9(14)15)3-5-17-6-11/h7-8H,2-6H2,1H3,(H,14,15)(H2,12,13,16). The zero-order chi connectivity index (χ0) is 13.2. The molecule has 2 amide bonds. The van der Waals surface area contributed by atoms with E-state index in [1.54, 1.807) is 0 Å². The zero-order valence-corrected chi connectivity index (χ0v) is 10.3. The van der Waals surface area contributed by atoms with E-state index < -0.39 is 17.5 Å². The number of hydrogen-bond acceptors (Lipinski definition) is 4. The molecule has 0 aromatic rings. The highest BCUT2D eigenvalue weighted by Gasteiger charge is 2.44. The van der Waals surface area contributed by atoms with Crippen molar-refractivity contribution in [3.05, 3.63) is 0 Å². The molecule has 7 nitrogen and oxygen atoms in total. The van der Waals surface area contributed by atoms with E-state index in [-0.39, 0.29) is 25.2 Å². The maximum absolute atomic E-state index is 11.8. The molecule has 7 heteroatoms. The number of hydrogen-bond donors (Lipinski definition) is 3. The second-order valence-electron chi connectivity index (χ2n) is 4.76. The Kier molecular flexibility index (Phi) is 3.72. The molecule has 0 aromatic carbocycles. The Morgan fingerprint density at radius 3 is 2.67 bits per heavy atom. The van der Waals surface area contributed by atoms with Crippen LogP contribution >= 0.6 is 0 Å². The Hall–Kier alpha value is -1.34. The molecular weight excluding hydrogens is 240 g/mol. The van der Waals surface area contributed by atoms with Crippen molar-refractivity contribution in [3.63, 3.8) is 0 Å². The Balaban J connectivity index is 1.91. The fourth-order valence-electron chi connectivity index (χ4n) is 2.23. The van der Waals surface area contributed by atoms with Crippen LogP contribution in [0.5, 0.6) is 0 Å². The molecule has 0 saturated carbocycles. The first-order chi connectivity index (χ1) is 8.53. The van der Waals surface area contributed by atoms with Crippen molar-refractivity contribution < 1.29 is 24.2 Å². The van der Waals surface area contributed by atoms with Crippen molar-refractivity contribution in [1.82, 2.24) is 10.6 Å². The number of carboxylic acids is 1. The average molecular weight is 258 g/mol. The summed E-state index contributed by atoms with van der Waals surface area (Å²) in [5.74, 6) is -1.06. The number of ether oxygens (including phenoxy) is 2. The maximum Gasteiger partial charge on any atom is 0.332 e. The molecule has 18 heavy (non-hydrogen) atoms. The third-order valence-corrected chi connectivity index (χ3v) is 3.48. The summed E-state index contributed by atoms with van der Waals surface area (Å²) in [5, 5.41) is 14.4. The van der Waals surface area contributed by atoms with Crippen LogP contribution < -0.4 is 10.6 Å². The molecule has 2 heterocycles. The van der Waals surface area contributed by atoms with Crippen molar-refractivity contribution in [3.8, 4) is 0 Å². The number of aliphatic carboxylic acids is 1. The predicted molar refractivity (Wildman–Crippen MR) is 61.3 cm³/mol. The molecule has 3 atom stereocenters. The van der Waals surface area contributed by atoms with Crippen LogP contribution in [0.4, 0.5) is 4.79 Å². The van der Waals surface area contributed by atoms with Crippen molar-refractivity contribution in [2.45, 2.75) is 37.5 Å². The highest BCUT2D eigenvalue weighted by atomic mass is 16.5. The highest BCUT2D eigenvalue weighted by Crippen LogP contribution is 2.19. The van der Waals surface area contributed by atoms with Crippen LogP contribution in [0.25, 0.3) is 0 Å². The molecule has 0 aromatic heterocycles. The van der Waals surface area contributed by atoms with Gasteiger partial charge in [-0.05, 0) is 13.3 Å². The van der Waals surface area contributed by atoms with Crippen molar-refractivity contribution >= 4 is 12.0 Å². The van der Waals surface area contributed by atoms with Gasteiger partial charge in [0.2, 0.25) is 0 Å². The quantitative estimate of drug-likeness (QED) is 0.646. The van der Waals surface area contributed by atoms with Crippen LogP contribution in [0.1, 0.15) is 19.8 Å². The molecule has 2 saturated heterocycles. The van der Waals surface area contributed by atoms with Gasteiger partial charge in [0.05, 0.1) is 18.8 Å². The summed E-state index contributed by atoms with van der Waals surface area (Å²) in [5.41, 5.74) is -1.30. The summed E-state index contributed by atoms with van der Waals surface area (Å²) >= 11 is 0. The Morgan fingerprint density at radius 1 is 1.39 bits per heavy atom. The molecule has 3 unspecified atom stereocenters. The maximum atomic E-state index is 11.8. The molecule has 2 rings (SSSR count). The van der Waals surface area contributed by atoms with E-state index in [4.69, 9.17) is 9.47 Å². The van der Waals surface area contributed by atoms with Crippen molar-refractivity contribution in [2.75, 3.05) is 19.8 Å². The number of carbonyl (C=O) groups excluding carboxylic acids is 1. The summed E-state index contributed by atoms with van der Waals surface area (Å²) in [6, 6.07) is -0.552. The van der Waals surface area contributed by atoms with Crippen molar-refractivity contribution in [2.24, 2.45) is 0 Å². The normalized spacial score (nSPS) is 35.4. The van der Waals surface area contributed by atoms with Crippen LogP contribution in [0.15, 0.2) is 0 Å². The second-order valence-corrected chi connectivity index (χ2v) is 4.76. The van der Waals surface area contributed by atoms with Crippen LogP contribution in [-0.2, 0) is 14.3 Å². The second kappa shape index (κ2) is 5.11. The van der Waals surface area contributed by atoms with Gasteiger partial charge >= 0.3 is 12.0 Å². The third-order valence-electron chi connectivity index (χ3n) is 3.48. The van der Waals surface area contributed by atoms with E-state index >= 15 is 0 Å². The van der Waals surface area contributed by atoms with E-state index in [1.807, 2.05) is 6.92 Å². The molecule has 2 fully saturated rings. The predicted octanol–water partition coefficient (Wildman–Crippen LogP) is -0.293. The molecule has 102 valence electrons. The molecule has 3 N–H and O–H groups in total. The number of carbonyl (C=O) groups is 2. The average Bonchev–Trinajstić information content (AvgIpc) is 2.90. The SMILES string of the molecule is CC1OCCC1NC(=O)NC1(C(=O)O)CCOC1. The van der Waals surface area contributed by atoms with Crippen LogP contribution in [0, 0.1) is 0 Å². The summed E-state index contributed by atoms with van der Waals surface area (Å²) in [7, 11) is 0. The van der Waals surface area contributed by atoms with Crippen LogP contribution in [-0.4, -0.2) is 54.6 Å². The molecular formula is C11H18N2O5. The van der Waals surface area contributed by atoms with Gasteiger partial charge in [0.15, 0.2) is 5.54 Å². The van der Waals surface area contributed by atoms with Crippen LogP contribution in [0.2, 0.25) is 0 Å². The van der Waals surface area contributed by atoms with Gasteiger partial charge in [0.25, 0.3) is 0 Å². The van der Waals surface area contributed by atoms with E-state index in [9.17, 15) is 14.7 Å². The minimum Gasteiger partial charge on any atom is -0.479 e. The minimum atomic E-state index is -1.30.